The van der Waals surface area contributed by atoms with Crippen LogP contribution in [0.25, 0.3) is 5.65 Å². The third-order valence-corrected chi connectivity index (χ3v) is 5.67. The van der Waals surface area contributed by atoms with Crippen LogP contribution in [0.4, 0.5) is 5.69 Å². The molecule has 0 aliphatic carbocycles. The standard InChI is InChI=1S/C21H26ClN5O/c1-17(8-10-27-21(28)26-9-3-2-7-20(26)23-27)16-24-11-13-25(14-12-24)19-6-4-5-18(22)15-19/h2-7,9,15,17H,8,10-14,16H2,1H3. The first-order valence-corrected chi connectivity index (χ1v) is 10.2. The fourth-order valence-corrected chi connectivity index (χ4v) is 4.03. The summed E-state index contributed by atoms with van der Waals surface area (Å²) in [5.74, 6) is 0.509. The quantitative estimate of drug-likeness (QED) is 0.639. The molecule has 1 atom stereocenters. The molecule has 1 saturated heterocycles. The summed E-state index contributed by atoms with van der Waals surface area (Å²) < 4.78 is 3.18. The monoisotopic (exact) mass is 399 g/mol. The van der Waals surface area contributed by atoms with Crippen molar-refractivity contribution in [2.45, 2.75) is 19.9 Å². The third-order valence-electron chi connectivity index (χ3n) is 5.44. The molecule has 0 amide bonds. The first kappa shape index (κ1) is 19.0. The van der Waals surface area contributed by atoms with Crippen molar-refractivity contribution in [2.75, 3.05) is 37.6 Å². The van der Waals surface area contributed by atoms with Crippen LogP contribution in [0.15, 0.2) is 53.5 Å². The van der Waals surface area contributed by atoms with E-state index in [1.54, 1.807) is 15.3 Å². The summed E-state index contributed by atoms with van der Waals surface area (Å²) in [5, 5.41) is 5.21. The molecule has 4 rings (SSSR count). The Hall–Kier alpha value is -2.31. The van der Waals surface area contributed by atoms with Crippen LogP contribution in [0.1, 0.15) is 13.3 Å². The smallest absolute Gasteiger partial charge is 0.350 e. The second-order valence-corrected chi connectivity index (χ2v) is 8.03. The zero-order chi connectivity index (χ0) is 19.5. The number of halogens is 1. The van der Waals surface area contributed by atoms with Crippen LogP contribution in [-0.4, -0.2) is 51.8 Å². The highest BCUT2D eigenvalue weighted by molar-refractivity contribution is 6.30. The largest absolute Gasteiger partial charge is 0.369 e. The Bertz CT molecular complexity index is 990. The number of anilines is 1. The summed E-state index contributed by atoms with van der Waals surface area (Å²) in [6.45, 7) is 8.08. The molecule has 3 aromatic rings. The van der Waals surface area contributed by atoms with Gasteiger partial charge >= 0.3 is 5.69 Å². The van der Waals surface area contributed by atoms with Gasteiger partial charge in [-0.05, 0) is 42.7 Å². The molecule has 3 heterocycles. The number of nitrogens with zero attached hydrogens (tertiary/aromatic N) is 5. The molecule has 28 heavy (non-hydrogen) atoms. The van der Waals surface area contributed by atoms with E-state index in [4.69, 9.17) is 11.6 Å². The lowest BCUT2D eigenvalue weighted by Gasteiger charge is -2.37. The van der Waals surface area contributed by atoms with Crippen molar-refractivity contribution >= 4 is 22.9 Å². The van der Waals surface area contributed by atoms with Gasteiger partial charge in [0.2, 0.25) is 0 Å². The van der Waals surface area contributed by atoms with Crippen LogP contribution < -0.4 is 10.6 Å². The lowest BCUT2D eigenvalue weighted by molar-refractivity contribution is 0.216. The van der Waals surface area contributed by atoms with Gasteiger partial charge in [0.1, 0.15) is 0 Å². The molecule has 7 heteroatoms. The SMILES string of the molecule is CC(CCn1nc2ccccn2c1=O)CN1CCN(c2cccc(Cl)c2)CC1. The van der Waals surface area contributed by atoms with Gasteiger partial charge in [0.25, 0.3) is 0 Å². The second-order valence-electron chi connectivity index (χ2n) is 7.60. The van der Waals surface area contributed by atoms with E-state index in [-0.39, 0.29) is 5.69 Å². The van der Waals surface area contributed by atoms with E-state index in [0.717, 1.165) is 44.2 Å². The van der Waals surface area contributed by atoms with Gasteiger partial charge in [0.15, 0.2) is 5.65 Å². The van der Waals surface area contributed by atoms with Gasteiger partial charge in [-0.1, -0.05) is 30.7 Å². The van der Waals surface area contributed by atoms with Crippen molar-refractivity contribution in [1.82, 2.24) is 19.1 Å². The van der Waals surface area contributed by atoms with E-state index in [9.17, 15) is 4.79 Å². The number of aromatic nitrogens is 3. The van der Waals surface area contributed by atoms with Crippen LogP contribution in [0.3, 0.4) is 0 Å². The Morgan fingerprint density at radius 3 is 2.68 bits per heavy atom. The zero-order valence-corrected chi connectivity index (χ0v) is 16.9. The summed E-state index contributed by atoms with van der Waals surface area (Å²) in [6, 6.07) is 13.7. The van der Waals surface area contributed by atoms with Gasteiger partial charge in [-0.15, -0.1) is 5.10 Å². The van der Waals surface area contributed by atoms with E-state index in [1.165, 1.54) is 5.69 Å². The topological polar surface area (TPSA) is 45.8 Å². The molecule has 1 unspecified atom stereocenters. The number of rotatable bonds is 6. The maximum Gasteiger partial charge on any atom is 0.350 e. The minimum atomic E-state index is -0.0575. The average molecular weight is 400 g/mol. The Kier molecular flexibility index (Phi) is 5.69. The Morgan fingerprint density at radius 1 is 1.11 bits per heavy atom. The molecule has 0 spiro atoms. The Morgan fingerprint density at radius 2 is 1.93 bits per heavy atom. The summed E-state index contributed by atoms with van der Waals surface area (Å²) >= 11 is 6.12. The van der Waals surface area contributed by atoms with E-state index in [2.05, 4.69) is 27.9 Å². The molecule has 0 bridgehead atoms. The summed E-state index contributed by atoms with van der Waals surface area (Å²) in [4.78, 5) is 17.3. The van der Waals surface area contributed by atoms with E-state index in [1.807, 2.05) is 36.4 Å². The van der Waals surface area contributed by atoms with Gasteiger partial charge in [-0.25, -0.2) is 9.48 Å². The highest BCUT2D eigenvalue weighted by Crippen LogP contribution is 2.21. The number of pyridine rings is 1. The molecule has 148 valence electrons. The fraction of sp³-hybridized carbons (Fsp3) is 0.429. The van der Waals surface area contributed by atoms with Crippen LogP contribution in [-0.2, 0) is 6.54 Å². The number of aryl methyl sites for hydroxylation is 1. The van der Waals surface area contributed by atoms with Crippen LogP contribution in [0.2, 0.25) is 5.02 Å². The molecule has 1 aromatic carbocycles. The van der Waals surface area contributed by atoms with Gasteiger partial charge < -0.3 is 4.90 Å². The molecule has 0 saturated carbocycles. The number of piperazine rings is 1. The molecule has 1 aliphatic heterocycles. The summed E-state index contributed by atoms with van der Waals surface area (Å²) in [5.41, 5.74) is 1.85. The summed E-state index contributed by atoms with van der Waals surface area (Å²) in [6.07, 6.45) is 2.71. The van der Waals surface area contributed by atoms with Crippen molar-refractivity contribution in [3.8, 4) is 0 Å². The first-order valence-electron chi connectivity index (χ1n) is 9.87. The average Bonchev–Trinajstić information content (AvgIpc) is 3.03. The van der Waals surface area contributed by atoms with Crippen LogP contribution in [0, 0.1) is 5.92 Å². The van der Waals surface area contributed by atoms with E-state index < -0.39 is 0 Å². The van der Waals surface area contributed by atoms with Crippen molar-refractivity contribution in [3.05, 3.63) is 64.2 Å². The predicted octanol–water partition coefficient (Wildman–Crippen LogP) is 3.00. The molecule has 0 radical (unpaired) electrons. The predicted molar refractivity (Wildman–Crippen MR) is 113 cm³/mol. The van der Waals surface area contributed by atoms with Crippen molar-refractivity contribution in [3.63, 3.8) is 0 Å². The van der Waals surface area contributed by atoms with E-state index in [0.29, 0.717) is 18.1 Å². The minimum Gasteiger partial charge on any atom is -0.369 e. The van der Waals surface area contributed by atoms with Crippen molar-refractivity contribution in [2.24, 2.45) is 5.92 Å². The maximum atomic E-state index is 12.4. The highest BCUT2D eigenvalue weighted by Gasteiger charge is 2.19. The first-order chi connectivity index (χ1) is 13.6. The van der Waals surface area contributed by atoms with Gasteiger partial charge in [0, 0.05) is 56.2 Å². The highest BCUT2D eigenvalue weighted by atomic mass is 35.5. The molecule has 2 aromatic heterocycles. The van der Waals surface area contributed by atoms with Gasteiger partial charge in [0.05, 0.1) is 0 Å². The molecule has 1 fully saturated rings. The number of hydrogen-bond donors (Lipinski definition) is 0. The van der Waals surface area contributed by atoms with Gasteiger partial charge in [-0.3, -0.25) is 9.30 Å². The molecule has 6 nitrogen and oxygen atoms in total. The normalized spacial score (nSPS) is 16.6. The lowest BCUT2D eigenvalue weighted by Crippen LogP contribution is -2.47. The Balaban J connectivity index is 1.27. The number of hydrogen-bond acceptors (Lipinski definition) is 4. The molecular weight excluding hydrogens is 374 g/mol. The Labute approximate surface area is 169 Å². The lowest BCUT2D eigenvalue weighted by atomic mass is 10.1. The number of fused-ring (bicyclic) bond motifs is 1. The van der Waals surface area contributed by atoms with Crippen molar-refractivity contribution < 1.29 is 0 Å². The maximum absolute atomic E-state index is 12.4. The van der Waals surface area contributed by atoms with Crippen molar-refractivity contribution in [1.29, 1.82) is 0 Å². The van der Waals surface area contributed by atoms with Crippen LogP contribution in [0.5, 0.6) is 0 Å². The number of benzene rings is 1. The zero-order valence-electron chi connectivity index (χ0n) is 16.2. The second kappa shape index (κ2) is 8.37. The summed E-state index contributed by atoms with van der Waals surface area (Å²) in [7, 11) is 0. The fourth-order valence-electron chi connectivity index (χ4n) is 3.85. The molecule has 0 N–H and O–H groups in total. The molecule has 1 aliphatic rings. The van der Waals surface area contributed by atoms with Gasteiger partial charge in [-0.2, -0.15) is 0 Å². The molecular formula is C21H26ClN5O. The third kappa shape index (κ3) is 4.23. The van der Waals surface area contributed by atoms with Crippen LogP contribution >= 0.6 is 11.6 Å². The minimum absolute atomic E-state index is 0.0575. The van der Waals surface area contributed by atoms with E-state index >= 15 is 0 Å².